The molecule has 2 saturated heterocycles. The molecule has 2 bridgehead atoms. The predicted molar refractivity (Wildman–Crippen MR) is 294 cm³/mol. The molecule has 0 radical (unpaired) electrons. The zero-order valence-electron chi connectivity index (χ0n) is 43.5. The van der Waals surface area contributed by atoms with E-state index in [0.717, 1.165) is 33.3 Å². The van der Waals surface area contributed by atoms with Crippen LogP contribution in [0.15, 0.2) is 59.6 Å². The van der Waals surface area contributed by atoms with Crippen LogP contribution in [0.2, 0.25) is 0 Å². The van der Waals surface area contributed by atoms with E-state index in [1.54, 1.807) is 30.3 Å². The lowest BCUT2D eigenvalue weighted by atomic mass is 9.90. The summed E-state index contributed by atoms with van der Waals surface area (Å²) < 4.78 is 0. The number of amides is 5. The minimum Gasteiger partial charge on any atom is -0.508 e. The molecule has 28 heteroatoms. The van der Waals surface area contributed by atoms with Crippen molar-refractivity contribution in [3.63, 3.8) is 0 Å². The van der Waals surface area contributed by atoms with Crippen LogP contribution in [-0.2, 0) is 75.2 Å². The maximum atomic E-state index is 14.6. The van der Waals surface area contributed by atoms with Crippen LogP contribution in [-0.4, -0.2) is 163 Å². The van der Waals surface area contributed by atoms with Crippen molar-refractivity contribution in [3.05, 3.63) is 65.7 Å². The summed E-state index contributed by atoms with van der Waals surface area (Å²) >= 11 is 0.816. The Kier molecular flexibility index (Phi) is 27.1. The van der Waals surface area contributed by atoms with E-state index < -0.39 is 188 Å². The van der Waals surface area contributed by atoms with Crippen molar-refractivity contribution in [1.82, 2.24) is 26.6 Å². The monoisotopic (exact) mass is 1170 g/mol. The van der Waals surface area contributed by atoms with E-state index in [1.807, 2.05) is 0 Å². The van der Waals surface area contributed by atoms with Crippen molar-refractivity contribution < 1.29 is 82.8 Å². The Hall–Kier alpha value is -7.33. The maximum absolute atomic E-state index is 14.6. The number of carbonyl (C=O) groups excluding carboxylic acids is 10. The highest BCUT2D eigenvalue weighted by Crippen LogP contribution is 2.28. The maximum Gasteiger partial charge on any atom is 0.304 e. The van der Waals surface area contributed by atoms with Crippen molar-refractivity contribution in [2.24, 2.45) is 40.1 Å². The number of phenols is 1. The van der Waals surface area contributed by atoms with E-state index in [4.69, 9.17) is 11.5 Å². The number of guanidine groups is 1. The van der Waals surface area contributed by atoms with Crippen molar-refractivity contribution in [3.8, 4) is 5.75 Å². The molecule has 25 nitrogen and oxygen atoms in total. The second-order valence-electron chi connectivity index (χ2n) is 19.2. The Labute approximate surface area is 471 Å². The Morgan fingerprint density at radius 1 is 0.588 bits per heavy atom. The van der Waals surface area contributed by atoms with Crippen molar-refractivity contribution in [2.45, 2.75) is 101 Å². The summed E-state index contributed by atoms with van der Waals surface area (Å²) in [5, 5.41) is 51.9. The second kappa shape index (κ2) is 33.3. The third kappa shape index (κ3) is 23.6. The topological polar surface area (TPSA) is 427 Å². The number of rotatable bonds is 16. The molecule has 8 atom stereocenters. The SMILES string of the molecule is NC(N)=NCCCC1CC(=O)C2CSSCC(NC(=O)C(CC(=O)O)CC(=O)CNC1=O)C(=O)CC(Cc1ccccc1)C(=O)NC(C(=O)CCC(=O)O)CSCC(=O)NC(Cc1ccc(O)cc1)C(=O)CC(CC(=O)O)C(=O)N2. The lowest BCUT2D eigenvalue weighted by Crippen LogP contribution is -2.49. The highest BCUT2D eigenvalue weighted by atomic mass is 33.1. The van der Waals surface area contributed by atoms with Gasteiger partial charge in [-0.1, -0.05) is 64.1 Å². The number of hydrogen-bond donors (Lipinski definition) is 11. The number of nitrogens with zero attached hydrogens (tertiary/aromatic N) is 1. The van der Waals surface area contributed by atoms with Gasteiger partial charge in [0.05, 0.1) is 67.6 Å². The highest BCUT2D eigenvalue weighted by Gasteiger charge is 2.37. The highest BCUT2D eigenvalue weighted by molar-refractivity contribution is 8.76. The molecule has 2 aliphatic rings. The second-order valence-corrected chi connectivity index (χ2v) is 22.8. The number of aromatic hydroxyl groups is 1. The van der Waals surface area contributed by atoms with Gasteiger partial charge in [-0.15, -0.1) is 11.8 Å². The third-order valence-electron chi connectivity index (χ3n) is 12.8. The first-order valence-electron chi connectivity index (χ1n) is 25.4. The quantitative estimate of drug-likeness (QED) is 0.0460. The molecule has 2 aliphatic heterocycles. The molecule has 0 aromatic heterocycles. The molecule has 4 rings (SSSR count). The number of fused-ring (bicyclic) bond motifs is 5. The van der Waals surface area contributed by atoms with Crippen LogP contribution in [0.4, 0.5) is 0 Å². The molecular formula is C52H66N8O17S3. The number of hydrogen-bond acceptors (Lipinski definition) is 18. The molecule has 80 heavy (non-hydrogen) atoms. The van der Waals surface area contributed by atoms with Crippen molar-refractivity contribution in [2.75, 3.05) is 36.1 Å². The van der Waals surface area contributed by atoms with Gasteiger partial charge in [0.15, 0.2) is 34.9 Å². The summed E-state index contributed by atoms with van der Waals surface area (Å²) in [4.78, 5) is 181. The normalized spacial score (nSPS) is 24.1. The van der Waals surface area contributed by atoms with Gasteiger partial charge in [-0.25, -0.2) is 0 Å². The van der Waals surface area contributed by atoms with Gasteiger partial charge < -0.3 is 58.5 Å². The molecular weight excluding hydrogens is 1100 g/mol. The van der Waals surface area contributed by atoms with Crippen molar-refractivity contribution >= 4 is 116 Å². The number of Topliss-reactive ketones (excluding diaryl/α,β-unsaturated/α-hetero) is 5. The summed E-state index contributed by atoms with van der Waals surface area (Å²) in [6.07, 6.45) is -5.99. The van der Waals surface area contributed by atoms with Crippen LogP contribution in [0, 0.1) is 23.7 Å². The number of carbonyl (C=O) groups is 13. The van der Waals surface area contributed by atoms with E-state index in [2.05, 4.69) is 31.6 Å². The lowest BCUT2D eigenvalue weighted by Gasteiger charge is -2.25. The van der Waals surface area contributed by atoms with Crippen molar-refractivity contribution in [1.29, 1.82) is 0 Å². The number of nitrogens with two attached hydrogens (primary N) is 2. The Balaban J connectivity index is 1.87. The number of thioether (sulfide) groups is 1. The molecule has 0 aliphatic carbocycles. The number of carboxylic acid groups (broad SMARTS) is 3. The van der Waals surface area contributed by atoms with Crippen LogP contribution in [0.1, 0.15) is 75.3 Å². The van der Waals surface area contributed by atoms with Gasteiger partial charge in [-0.2, -0.15) is 0 Å². The molecule has 434 valence electrons. The minimum absolute atomic E-state index is 0.0160. The standard InChI is InChI=1S/C52H66N8O17S3/c53-52(54)55-14-4-7-30-18-42(65)38-25-79-80-26-39(59-50(76)32(21-46(70)71)17-35(62)23-56-48(30)74)43(66)19-31(15-28-5-2-1-3-6-28)49(75)58-37(40(63)12-13-45(68)69)24-78-27-44(67)57-36(16-29-8-10-34(61)11-9-29)41(64)20-33(22-47(72)73)51(77)60-38/h1-3,5-6,8-11,30-33,36-39,61H,4,7,12-27H2,(H,56,74)(H,57,67)(H,58,75)(H,59,76)(H,60,77)(H,68,69)(H,70,71)(H,72,73)(H4,53,54,55). The van der Waals surface area contributed by atoms with Gasteiger partial charge >= 0.3 is 17.9 Å². The molecule has 2 heterocycles. The Morgan fingerprint density at radius 3 is 1.71 bits per heavy atom. The van der Waals surface area contributed by atoms with E-state index in [-0.39, 0.29) is 61.2 Å². The first-order valence-corrected chi connectivity index (χ1v) is 29.1. The summed E-state index contributed by atoms with van der Waals surface area (Å²) in [6, 6.07) is 8.01. The number of nitrogens with one attached hydrogen (secondary N) is 5. The van der Waals surface area contributed by atoms with Crippen LogP contribution in [0.25, 0.3) is 0 Å². The number of aliphatic carboxylic acids is 3. The number of aliphatic imine (C=N–C) groups is 1. The fourth-order valence-electron chi connectivity index (χ4n) is 8.57. The summed E-state index contributed by atoms with van der Waals surface area (Å²) in [6.45, 7) is -0.717. The van der Waals surface area contributed by atoms with Crippen LogP contribution in [0.5, 0.6) is 5.75 Å². The number of benzene rings is 2. The zero-order chi connectivity index (χ0) is 58.9. The predicted octanol–water partition coefficient (Wildman–Crippen LogP) is 0.113. The summed E-state index contributed by atoms with van der Waals surface area (Å²) in [7, 11) is 1.78. The lowest BCUT2D eigenvalue weighted by molar-refractivity contribution is -0.143. The fraction of sp³-hybridized carbons (Fsp3) is 0.500. The summed E-state index contributed by atoms with van der Waals surface area (Å²) in [5.41, 5.74) is 11.9. The molecule has 8 unspecified atom stereocenters. The Bertz CT molecular complexity index is 2620. The first-order chi connectivity index (χ1) is 38.0. The number of carboxylic acids is 3. The zero-order valence-corrected chi connectivity index (χ0v) is 45.9. The van der Waals surface area contributed by atoms with E-state index >= 15 is 0 Å². The first kappa shape index (κ1) is 65.2. The molecule has 0 saturated carbocycles. The summed E-state index contributed by atoms with van der Waals surface area (Å²) in [5.74, 6) is -20.4. The van der Waals surface area contributed by atoms with E-state index in [9.17, 15) is 82.8 Å². The van der Waals surface area contributed by atoms with Crippen LogP contribution in [0.3, 0.4) is 0 Å². The van der Waals surface area contributed by atoms with Gasteiger partial charge in [0.2, 0.25) is 29.5 Å². The third-order valence-corrected chi connectivity index (χ3v) is 16.3. The van der Waals surface area contributed by atoms with Gasteiger partial charge in [-0.05, 0) is 48.9 Å². The Morgan fingerprint density at radius 2 is 1.14 bits per heavy atom. The van der Waals surface area contributed by atoms with Crippen LogP contribution < -0.4 is 38.1 Å². The molecule has 2 fully saturated rings. The smallest absolute Gasteiger partial charge is 0.304 e. The average molecular weight is 1170 g/mol. The van der Waals surface area contributed by atoms with Gasteiger partial charge in [-0.3, -0.25) is 67.3 Å². The molecule has 2 aromatic carbocycles. The number of phenolic OH excluding ortho intramolecular Hbond substituents is 1. The molecule has 5 amide bonds. The molecule has 0 spiro atoms. The van der Waals surface area contributed by atoms with E-state index in [1.165, 1.54) is 24.3 Å². The average Bonchev–Trinajstić information content (AvgIpc) is 3.39. The minimum atomic E-state index is -1.67. The largest absolute Gasteiger partial charge is 0.508 e. The van der Waals surface area contributed by atoms with Crippen LogP contribution >= 0.6 is 33.3 Å². The molecule has 2 aromatic rings. The van der Waals surface area contributed by atoms with Gasteiger partial charge in [0.1, 0.15) is 5.75 Å². The number of ketones is 5. The van der Waals surface area contributed by atoms with Gasteiger partial charge in [0, 0.05) is 67.7 Å². The van der Waals surface area contributed by atoms with Gasteiger partial charge in [0.25, 0.3) is 0 Å². The van der Waals surface area contributed by atoms with E-state index in [0.29, 0.717) is 11.1 Å². The fourth-order valence-corrected chi connectivity index (χ4v) is 11.9. The molecule has 13 N–H and O–H groups in total.